The van der Waals surface area contributed by atoms with Crippen LogP contribution in [0.25, 0.3) is 0 Å². The van der Waals surface area contributed by atoms with Gasteiger partial charge < -0.3 is 30.7 Å². The van der Waals surface area contributed by atoms with Crippen molar-refractivity contribution in [1.82, 2.24) is 4.98 Å². The highest BCUT2D eigenvalue weighted by atomic mass is 16.5. The molecule has 3 rings (SSSR count). The Morgan fingerprint density at radius 3 is 2.34 bits per heavy atom. The molecule has 35 heavy (non-hydrogen) atoms. The summed E-state index contributed by atoms with van der Waals surface area (Å²) in [7, 11) is 0. The molecule has 0 fully saturated rings. The smallest absolute Gasteiger partial charge is 0.226 e. The van der Waals surface area contributed by atoms with Gasteiger partial charge in [-0.1, -0.05) is 32.0 Å². The Hall–Kier alpha value is -3.94. The molecule has 0 aliphatic heterocycles. The predicted octanol–water partition coefficient (Wildman–Crippen LogP) is 5.73. The number of amides is 1. The van der Waals surface area contributed by atoms with Crippen molar-refractivity contribution in [3.8, 4) is 11.5 Å². The van der Waals surface area contributed by atoms with E-state index in [2.05, 4.69) is 34.7 Å². The standard InChI is InChI=1S/C27H35N5O3/c1-6-32(7-2)26-14-13-21(19(5)29-26)30-22-15-24(28-17-35-20-11-9-8-10-12-20)25(33)16-23(22)31-27(34)18(3)4/h8-16,18,28,30,33H,6-7,17H2,1-5H3,(H,31,34). The maximum Gasteiger partial charge on any atom is 0.226 e. The maximum atomic E-state index is 12.4. The first-order valence-corrected chi connectivity index (χ1v) is 11.9. The quantitative estimate of drug-likeness (QED) is 0.159. The van der Waals surface area contributed by atoms with Crippen LogP contribution in [0.5, 0.6) is 11.5 Å². The van der Waals surface area contributed by atoms with Crippen molar-refractivity contribution in [3.05, 3.63) is 60.3 Å². The number of benzene rings is 2. The Bertz CT molecular complexity index is 1130. The van der Waals surface area contributed by atoms with Crippen LogP contribution in [-0.2, 0) is 4.79 Å². The van der Waals surface area contributed by atoms with E-state index in [1.165, 1.54) is 6.07 Å². The predicted molar refractivity (Wildman–Crippen MR) is 143 cm³/mol. The summed E-state index contributed by atoms with van der Waals surface area (Å²) in [4.78, 5) is 19.3. The zero-order valence-corrected chi connectivity index (χ0v) is 21.1. The molecule has 0 bridgehead atoms. The van der Waals surface area contributed by atoms with Crippen molar-refractivity contribution in [1.29, 1.82) is 0 Å². The molecule has 8 heteroatoms. The molecule has 8 nitrogen and oxygen atoms in total. The fourth-order valence-corrected chi connectivity index (χ4v) is 3.48. The Labute approximate surface area is 207 Å². The Morgan fingerprint density at radius 2 is 1.71 bits per heavy atom. The van der Waals surface area contributed by atoms with Crippen LogP contribution >= 0.6 is 0 Å². The summed E-state index contributed by atoms with van der Waals surface area (Å²) < 4.78 is 5.70. The number of carbonyl (C=O) groups is 1. The summed E-state index contributed by atoms with van der Waals surface area (Å²) in [6.07, 6.45) is 0. The number of rotatable bonds is 11. The highest BCUT2D eigenvalue weighted by Gasteiger charge is 2.16. The normalized spacial score (nSPS) is 10.7. The summed E-state index contributed by atoms with van der Waals surface area (Å²) in [6.45, 7) is 11.7. The van der Waals surface area contributed by atoms with Gasteiger partial charge in [0.1, 0.15) is 17.3 Å². The zero-order chi connectivity index (χ0) is 25.4. The molecule has 2 aromatic carbocycles. The third kappa shape index (κ3) is 6.79. The summed E-state index contributed by atoms with van der Waals surface area (Å²) in [6, 6.07) is 16.6. The Morgan fingerprint density at radius 1 is 1.00 bits per heavy atom. The highest BCUT2D eigenvalue weighted by Crippen LogP contribution is 2.37. The fourth-order valence-electron chi connectivity index (χ4n) is 3.48. The average Bonchev–Trinajstić information content (AvgIpc) is 2.84. The minimum Gasteiger partial charge on any atom is -0.506 e. The minimum absolute atomic E-state index is 0.00186. The van der Waals surface area contributed by atoms with Gasteiger partial charge in [0.25, 0.3) is 0 Å². The molecule has 0 aliphatic rings. The Balaban J connectivity index is 1.87. The lowest BCUT2D eigenvalue weighted by atomic mass is 10.1. The maximum absolute atomic E-state index is 12.4. The van der Waals surface area contributed by atoms with E-state index in [0.29, 0.717) is 22.8 Å². The number of aryl methyl sites for hydroxylation is 1. The van der Waals surface area contributed by atoms with Gasteiger partial charge >= 0.3 is 0 Å². The van der Waals surface area contributed by atoms with E-state index in [1.54, 1.807) is 6.07 Å². The van der Waals surface area contributed by atoms with E-state index in [0.717, 1.165) is 30.3 Å². The van der Waals surface area contributed by atoms with Gasteiger partial charge in [-0.2, -0.15) is 0 Å². The number of nitrogens with one attached hydrogen (secondary N) is 3. The van der Waals surface area contributed by atoms with Gasteiger partial charge in [-0.3, -0.25) is 4.79 Å². The first-order valence-electron chi connectivity index (χ1n) is 11.9. The molecule has 186 valence electrons. The van der Waals surface area contributed by atoms with Gasteiger partial charge in [0.05, 0.1) is 28.4 Å². The number of aromatic hydroxyl groups is 1. The summed E-state index contributed by atoms with van der Waals surface area (Å²) >= 11 is 0. The monoisotopic (exact) mass is 477 g/mol. The van der Waals surface area contributed by atoms with E-state index in [4.69, 9.17) is 9.72 Å². The van der Waals surface area contributed by atoms with Crippen molar-refractivity contribution >= 4 is 34.5 Å². The number of pyridine rings is 1. The molecule has 1 heterocycles. The third-order valence-corrected chi connectivity index (χ3v) is 5.59. The van der Waals surface area contributed by atoms with Crippen LogP contribution in [0.1, 0.15) is 33.4 Å². The zero-order valence-electron chi connectivity index (χ0n) is 21.1. The molecule has 0 saturated carbocycles. The second-order valence-electron chi connectivity index (χ2n) is 8.44. The first kappa shape index (κ1) is 25.7. The number of ether oxygens (including phenoxy) is 1. The molecule has 0 aliphatic carbocycles. The number of nitrogens with zero attached hydrogens (tertiary/aromatic N) is 2. The number of carbonyl (C=O) groups excluding carboxylic acids is 1. The third-order valence-electron chi connectivity index (χ3n) is 5.59. The number of phenols is 1. The van der Waals surface area contributed by atoms with Crippen molar-refractivity contribution in [2.24, 2.45) is 5.92 Å². The molecule has 4 N–H and O–H groups in total. The lowest BCUT2D eigenvalue weighted by Crippen LogP contribution is -2.23. The molecule has 0 spiro atoms. The lowest BCUT2D eigenvalue weighted by Gasteiger charge is -2.22. The number of anilines is 5. The molecule has 0 radical (unpaired) electrons. The molecular formula is C27H35N5O3. The van der Waals surface area contributed by atoms with Gasteiger partial charge in [-0.25, -0.2) is 4.98 Å². The molecule has 0 atom stereocenters. The van der Waals surface area contributed by atoms with E-state index >= 15 is 0 Å². The lowest BCUT2D eigenvalue weighted by molar-refractivity contribution is -0.118. The van der Waals surface area contributed by atoms with Crippen LogP contribution in [0.4, 0.5) is 28.6 Å². The van der Waals surface area contributed by atoms with Crippen molar-refractivity contribution in [3.63, 3.8) is 0 Å². The van der Waals surface area contributed by atoms with Crippen LogP contribution in [-0.4, -0.2) is 35.8 Å². The van der Waals surface area contributed by atoms with Crippen molar-refractivity contribution in [2.75, 3.05) is 40.7 Å². The number of hydrogen-bond acceptors (Lipinski definition) is 7. The number of phenolic OH excluding ortho intramolecular Hbond substituents is 1. The molecule has 0 unspecified atom stereocenters. The minimum atomic E-state index is -0.209. The van der Waals surface area contributed by atoms with Crippen LogP contribution < -0.4 is 25.6 Å². The molecular weight excluding hydrogens is 442 g/mol. The van der Waals surface area contributed by atoms with Gasteiger partial charge in [0.15, 0.2) is 6.73 Å². The van der Waals surface area contributed by atoms with Gasteiger partial charge in [0.2, 0.25) is 5.91 Å². The highest BCUT2D eigenvalue weighted by molar-refractivity contribution is 5.97. The number of para-hydroxylation sites is 1. The van der Waals surface area contributed by atoms with Crippen LogP contribution in [0.2, 0.25) is 0 Å². The van der Waals surface area contributed by atoms with Crippen molar-refractivity contribution in [2.45, 2.75) is 34.6 Å². The van der Waals surface area contributed by atoms with Crippen molar-refractivity contribution < 1.29 is 14.6 Å². The SMILES string of the molecule is CCN(CC)c1ccc(Nc2cc(NCOc3ccccc3)c(O)cc2NC(=O)C(C)C)c(C)n1. The molecule has 1 amide bonds. The topological polar surface area (TPSA) is 98.8 Å². The molecule has 3 aromatic rings. The van der Waals surface area contributed by atoms with Gasteiger partial charge in [-0.15, -0.1) is 0 Å². The first-order chi connectivity index (χ1) is 16.8. The average molecular weight is 478 g/mol. The van der Waals surface area contributed by atoms with Crippen LogP contribution in [0.15, 0.2) is 54.6 Å². The molecule has 1 aromatic heterocycles. The number of hydrogen-bond donors (Lipinski definition) is 4. The van der Waals surface area contributed by atoms with E-state index in [1.807, 2.05) is 63.2 Å². The number of aromatic nitrogens is 1. The fraction of sp³-hybridized carbons (Fsp3) is 0.333. The second kappa shape index (κ2) is 12.0. The second-order valence-corrected chi connectivity index (χ2v) is 8.44. The van der Waals surface area contributed by atoms with Crippen LogP contribution in [0, 0.1) is 12.8 Å². The van der Waals surface area contributed by atoms with E-state index in [-0.39, 0.29) is 24.3 Å². The van der Waals surface area contributed by atoms with Gasteiger partial charge in [-0.05, 0) is 51.1 Å². The molecule has 0 saturated heterocycles. The summed E-state index contributed by atoms with van der Waals surface area (Å²) in [5.41, 5.74) is 3.20. The summed E-state index contributed by atoms with van der Waals surface area (Å²) in [5, 5.41) is 20.0. The largest absolute Gasteiger partial charge is 0.506 e. The van der Waals surface area contributed by atoms with E-state index in [9.17, 15) is 9.90 Å². The van der Waals surface area contributed by atoms with E-state index < -0.39 is 0 Å². The van der Waals surface area contributed by atoms with Crippen LogP contribution in [0.3, 0.4) is 0 Å². The summed E-state index contributed by atoms with van der Waals surface area (Å²) in [5.74, 6) is 1.27. The Kier molecular flexibility index (Phi) is 8.78. The van der Waals surface area contributed by atoms with Gasteiger partial charge in [0, 0.05) is 25.1 Å².